The zero-order valence-corrected chi connectivity index (χ0v) is 15.7. The highest BCUT2D eigenvalue weighted by atomic mass is 16.2. The van der Waals surface area contributed by atoms with Crippen molar-refractivity contribution in [1.29, 1.82) is 0 Å². The third-order valence-electron chi connectivity index (χ3n) is 4.88. The largest absolute Gasteiger partial charge is 0.367 e. The molecule has 1 aliphatic rings. The fraction of sp³-hybridized carbons (Fsp3) is 0.476. The predicted molar refractivity (Wildman–Crippen MR) is 105 cm³/mol. The number of hydrogen-bond acceptors (Lipinski definition) is 4. The van der Waals surface area contributed by atoms with E-state index in [-0.39, 0.29) is 5.91 Å². The third kappa shape index (κ3) is 4.59. The van der Waals surface area contributed by atoms with Crippen molar-refractivity contribution < 1.29 is 4.79 Å². The molecule has 1 saturated carbocycles. The van der Waals surface area contributed by atoms with Gasteiger partial charge in [0.2, 0.25) is 0 Å². The second kappa shape index (κ2) is 8.79. The fourth-order valence-electron chi connectivity index (χ4n) is 3.32. The minimum Gasteiger partial charge on any atom is -0.367 e. The van der Waals surface area contributed by atoms with E-state index in [4.69, 9.17) is 0 Å². The second-order valence-electron chi connectivity index (χ2n) is 7.03. The highest BCUT2D eigenvalue weighted by Gasteiger charge is 2.19. The van der Waals surface area contributed by atoms with Crippen molar-refractivity contribution in [2.75, 3.05) is 18.9 Å². The molecule has 0 atom stereocenters. The molecule has 1 aromatic heterocycles. The Morgan fingerprint density at radius 1 is 1.19 bits per heavy atom. The first-order valence-corrected chi connectivity index (χ1v) is 9.64. The lowest BCUT2D eigenvalue weighted by Gasteiger charge is -2.18. The van der Waals surface area contributed by atoms with E-state index in [1.165, 1.54) is 12.8 Å². The molecule has 1 aliphatic carbocycles. The van der Waals surface area contributed by atoms with Crippen LogP contribution in [-0.2, 0) is 0 Å². The van der Waals surface area contributed by atoms with Crippen LogP contribution in [0, 0.1) is 0 Å². The van der Waals surface area contributed by atoms with Crippen LogP contribution >= 0.6 is 0 Å². The number of rotatable bonds is 7. The summed E-state index contributed by atoms with van der Waals surface area (Å²) in [4.78, 5) is 23.8. The molecule has 1 fully saturated rings. The molecule has 2 aromatic rings. The Kier molecular flexibility index (Phi) is 6.21. The lowest BCUT2D eigenvalue weighted by atomic mass is 10.2. The van der Waals surface area contributed by atoms with E-state index in [9.17, 15) is 4.79 Å². The highest BCUT2D eigenvalue weighted by Crippen LogP contribution is 2.24. The first-order valence-electron chi connectivity index (χ1n) is 9.64. The van der Waals surface area contributed by atoms with Crippen LogP contribution in [0.4, 0.5) is 5.82 Å². The molecular formula is C21H28N4O. The SMILES string of the molecule is CCCCN(C)C(=O)c1cc(NC2CCCC2)nc(-c2ccccc2)n1. The number of benzene rings is 1. The first-order chi connectivity index (χ1) is 12.7. The quantitative estimate of drug-likeness (QED) is 0.804. The maximum absolute atomic E-state index is 12.8. The normalized spacial score (nSPS) is 14.4. The van der Waals surface area contributed by atoms with Gasteiger partial charge in [-0.3, -0.25) is 4.79 Å². The van der Waals surface area contributed by atoms with Crippen LogP contribution in [0.15, 0.2) is 36.4 Å². The number of nitrogens with zero attached hydrogens (tertiary/aromatic N) is 3. The minimum atomic E-state index is -0.0486. The molecule has 1 N–H and O–H groups in total. The molecule has 0 spiro atoms. The summed E-state index contributed by atoms with van der Waals surface area (Å²) >= 11 is 0. The molecule has 5 nitrogen and oxygen atoms in total. The lowest BCUT2D eigenvalue weighted by Crippen LogP contribution is -2.29. The van der Waals surface area contributed by atoms with Gasteiger partial charge in [0.05, 0.1) is 0 Å². The summed E-state index contributed by atoms with van der Waals surface area (Å²) in [6, 6.07) is 12.1. The van der Waals surface area contributed by atoms with Crippen LogP contribution in [0.3, 0.4) is 0 Å². The van der Waals surface area contributed by atoms with E-state index in [2.05, 4.69) is 22.2 Å². The molecule has 26 heavy (non-hydrogen) atoms. The van der Waals surface area contributed by atoms with Crippen molar-refractivity contribution in [1.82, 2.24) is 14.9 Å². The Balaban J connectivity index is 1.90. The van der Waals surface area contributed by atoms with E-state index in [1.807, 2.05) is 37.4 Å². The third-order valence-corrected chi connectivity index (χ3v) is 4.88. The second-order valence-corrected chi connectivity index (χ2v) is 7.03. The van der Waals surface area contributed by atoms with Crippen molar-refractivity contribution in [3.8, 4) is 11.4 Å². The Hall–Kier alpha value is -2.43. The van der Waals surface area contributed by atoms with Gasteiger partial charge in [-0.15, -0.1) is 0 Å². The van der Waals surface area contributed by atoms with Crippen LogP contribution in [0.5, 0.6) is 0 Å². The van der Waals surface area contributed by atoms with Crippen LogP contribution in [0.2, 0.25) is 0 Å². The number of amides is 1. The number of aromatic nitrogens is 2. The molecule has 1 heterocycles. The van der Waals surface area contributed by atoms with Crippen LogP contribution in [0.25, 0.3) is 11.4 Å². The maximum atomic E-state index is 12.8. The summed E-state index contributed by atoms with van der Waals surface area (Å²) in [5, 5.41) is 3.51. The highest BCUT2D eigenvalue weighted by molar-refractivity contribution is 5.93. The number of carbonyl (C=O) groups excluding carboxylic acids is 1. The van der Waals surface area contributed by atoms with Gasteiger partial charge in [0.25, 0.3) is 5.91 Å². The standard InChI is InChI=1S/C21H28N4O/c1-3-4-14-25(2)21(26)18-15-19(22-17-12-8-9-13-17)24-20(23-18)16-10-6-5-7-11-16/h5-7,10-11,15,17H,3-4,8-9,12-14H2,1-2H3,(H,22,23,24). The molecule has 3 rings (SSSR count). The van der Waals surface area contributed by atoms with Gasteiger partial charge in [0.1, 0.15) is 11.5 Å². The van der Waals surface area contributed by atoms with Crippen LogP contribution in [0.1, 0.15) is 55.9 Å². The number of hydrogen-bond donors (Lipinski definition) is 1. The van der Waals surface area contributed by atoms with Crippen molar-refractivity contribution in [2.45, 2.75) is 51.5 Å². The molecule has 0 aliphatic heterocycles. The zero-order valence-electron chi connectivity index (χ0n) is 15.7. The zero-order chi connectivity index (χ0) is 18.4. The Morgan fingerprint density at radius 2 is 1.92 bits per heavy atom. The molecule has 0 radical (unpaired) electrons. The van der Waals surface area contributed by atoms with Gasteiger partial charge in [0, 0.05) is 31.3 Å². The summed E-state index contributed by atoms with van der Waals surface area (Å²) in [7, 11) is 1.84. The van der Waals surface area contributed by atoms with Gasteiger partial charge in [-0.1, -0.05) is 56.5 Å². The smallest absolute Gasteiger partial charge is 0.272 e. The van der Waals surface area contributed by atoms with Gasteiger partial charge < -0.3 is 10.2 Å². The summed E-state index contributed by atoms with van der Waals surface area (Å²) < 4.78 is 0. The average molecular weight is 352 g/mol. The summed E-state index contributed by atoms with van der Waals surface area (Å²) in [6.07, 6.45) is 6.87. The van der Waals surface area contributed by atoms with E-state index < -0.39 is 0 Å². The number of nitrogens with one attached hydrogen (secondary N) is 1. The van der Waals surface area contributed by atoms with E-state index in [1.54, 1.807) is 11.0 Å². The molecule has 0 saturated heterocycles. The topological polar surface area (TPSA) is 58.1 Å². The first kappa shape index (κ1) is 18.4. The minimum absolute atomic E-state index is 0.0486. The van der Waals surface area contributed by atoms with Crippen LogP contribution < -0.4 is 5.32 Å². The molecule has 1 aromatic carbocycles. The molecule has 138 valence electrons. The molecular weight excluding hydrogens is 324 g/mol. The lowest BCUT2D eigenvalue weighted by molar-refractivity contribution is 0.0787. The Labute approximate surface area is 155 Å². The maximum Gasteiger partial charge on any atom is 0.272 e. The Bertz CT molecular complexity index is 726. The predicted octanol–water partition coefficient (Wildman–Crippen LogP) is 4.37. The summed E-state index contributed by atoms with van der Waals surface area (Å²) in [5.74, 6) is 1.30. The monoisotopic (exact) mass is 352 g/mol. The average Bonchev–Trinajstić information content (AvgIpc) is 3.19. The van der Waals surface area contributed by atoms with Crippen molar-refractivity contribution in [2.24, 2.45) is 0 Å². The summed E-state index contributed by atoms with van der Waals surface area (Å²) in [5.41, 5.74) is 1.38. The fourth-order valence-corrected chi connectivity index (χ4v) is 3.32. The van der Waals surface area contributed by atoms with Crippen LogP contribution in [-0.4, -0.2) is 40.4 Å². The van der Waals surface area contributed by atoms with Gasteiger partial charge in [0.15, 0.2) is 5.82 Å². The molecule has 0 unspecified atom stereocenters. The van der Waals surface area contributed by atoms with E-state index >= 15 is 0 Å². The van der Waals surface area contributed by atoms with Crippen molar-refractivity contribution >= 4 is 11.7 Å². The molecule has 0 bridgehead atoms. The number of carbonyl (C=O) groups is 1. The molecule has 1 amide bonds. The van der Waals surface area contributed by atoms with Gasteiger partial charge in [-0.05, 0) is 19.3 Å². The van der Waals surface area contributed by atoms with Gasteiger partial charge >= 0.3 is 0 Å². The summed E-state index contributed by atoms with van der Waals surface area (Å²) in [6.45, 7) is 2.87. The van der Waals surface area contributed by atoms with E-state index in [0.717, 1.165) is 43.6 Å². The molecule has 5 heteroatoms. The Morgan fingerprint density at radius 3 is 2.62 bits per heavy atom. The van der Waals surface area contributed by atoms with E-state index in [0.29, 0.717) is 17.6 Å². The number of unbranched alkanes of at least 4 members (excludes halogenated alkanes) is 1. The van der Waals surface area contributed by atoms with Gasteiger partial charge in [-0.2, -0.15) is 0 Å². The number of anilines is 1. The van der Waals surface area contributed by atoms with Gasteiger partial charge in [-0.25, -0.2) is 9.97 Å². The van der Waals surface area contributed by atoms with Crippen molar-refractivity contribution in [3.05, 3.63) is 42.1 Å². The van der Waals surface area contributed by atoms with Crippen molar-refractivity contribution in [3.63, 3.8) is 0 Å².